The fourth-order valence-electron chi connectivity index (χ4n) is 5.45. The van der Waals surface area contributed by atoms with Crippen LogP contribution in [0, 0.1) is 28.7 Å². The highest BCUT2D eigenvalue weighted by atomic mass is 19.1. The summed E-state index contributed by atoms with van der Waals surface area (Å²) in [5, 5.41) is 11.0. The van der Waals surface area contributed by atoms with Crippen molar-refractivity contribution in [2.75, 3.05) is 31.1 Å². The van der Waals surface area contributed by atoms with Gasteiger partial charge in [-0.1, -0.05) is 48.5 Å². The molecule has 0 amide bonds. The van der Waals surface area contributed by atoms with Crippen molar-refractivity contribution in [3.63, 3.8) is 0 Å². The molecule has 1 saturated heterocycles. The Morgan fingerprint density at radius 3 is 2.09 bits per heavy atom. The number of nitro groups is 1. The van der Waals surface area contributed by atoms with Crippen LogP contribution in [0.4, 0.5) is 20.2 Å². The van der Waals surface area contributed by atoms with Crippen LogP contribution in [0.15, 0.2) is 82.4 Å². The molecule has 1 aliphatic rings. The molecule has 3 aromatic carbocycles. The van der Waals surface area contributed by atoms with E-state index in [1.165, 1.54) is 22.8 Å². The van der Waals surface area contributed by atoms with Crippen LogP contribution >= 0.6 is 0 Å². The SMILES string of the molecule is Cc1c(N2CCN(Cc3ccc([N+](=O)[O-])cc3)CC2)c(=O)n(C[C@@H](N)c2ccccc2)c(=O)n1Cc1c(F)cccc1F. The van der Waals surface area contributed by atoms with E-state index in [1.54, 1.807) is 19.1 Å². The lowest BCUT2D eigenvalue weighted by Crippen LogP contribution is -2.51. The van der Waals surface area contributed by atoms with E-state index in [0.717, 1.165) is 27.8 Å². The van der Waals surface area contributed by atoms with Crippen molar-refractivity contribution >= 4 is 11.4 Å². The van der Waals surface area contributed by atoms with E-state index in [-0.39, 0.29) is 23.5 Å². The van der Waals surface area contributed by atoms with Crippen molar-refractivity contribution in [1.29, 1.82) is 0 Å². The Labute approximate surface area is 246 Å². The fraction of sp³-hybridized carbons (Fsp3) is 0.290. The lowest BCUT2D eigenvalue weighted by Gasteiger charge is -2.37. The summed E-state index contributed by atoms with van der Waals surface area (Å²) in [6.07, 6.45) is 0. The summed E-state index contributed by atoms with van der Waals surface area (Å²) < 4.78 is 31.6. The van der Waals surface area contributed by atoms with Crippen molar-refractivity contribution in [1.82, 2.24) is 14.0 Å². The molecule has 0 bridgehead atoms. The zero-order chi connectivity index (χ0) is 30.7. The van der Waals surface area contributed by atoms with Crippen LogP contribution in [0.25, 0.3) is 0 Å². The molecule has 0 saturated carbocycles. The molecule has 5 rings (SSSR count). The summed E-state index contributed by atoms with van der Waals surface area (Å²) in [6.45, 7) is 3.77. The lowest BCUT2D eigenvalue weighted by molar-refractivity contribution is -0.384. The van der Waals surface area contributed by atoms with Crippen molar-refractivity contribution < 1.29 is 13.7 Å². The van der Waals surface area contributed by atoms with E-state index < -0.39 is 40.4 Å². The summed E-state index contributed by atoms with van der Waals surface area (Å²) in [6, 6.07) is 18.3. The van der Waals surface area contributed by atoms with Gasteiger partial charge in [-0.25, -0.2) is 13.6 Å². The van der Waals surface area contributed by atoms with E-state index in [0.29, 0.717) is 38.4 Å². The second-order valence-electron chi connectivity index (χ2n) is 10.6. The maximum absolute atomic E-state index is 14.7. The summed E-state index contributed by atoms with van der Waals surface area (Å²) >= 11 is 0. The quantitative estimate of drug-likeness (QED) is 0.234. The number of piperazine rings is 1. The van der Waals surface area contributed by atoms with Crippen LogP contribution in [0.1, 0.15) is 28.4 Å². The number of hydrogen-bond donors (Lipinski definition) is 1. The molecule has 0 aliphatic carbocycles. The van der Waals surface area contributed by atoms with Crippen molar-refractivity contribution in [2.24, 2.45) is 5.73 Å². The van der Waals surface area contributed by atoms with E-state index in [9.17, 15) is 28.5 Å². The highest BCUT2D eigenvalue weighted by Crippen LogP contribution is 2.21. The molecule has 2 N–H and O–H groups in total. The third-order valence-electron chi connectivity index (χ3n) is 7.88. The van der Waals surface area contributed by atoms with Crippen molar-refractivity contribution in [2.45, 2.75) is 32.6 Å². The van der Waals surface area contributed by atoms with Gasteiger partial charge in [-0.15, -0.1) is 0 Å². The highest BCUT2D eigenvalue weighted by Gasteiger charge is 2.26. The maximum Gasteiger partial charge on any atom is 0.331 e. The van der Waals surface area contributed by atoms with Crippen molar-refractivity contribution in [3.8, 4) is 0 Å². The minimum atomic E-state index is -0.786. The van der Waals surface area contributed by atoms with Gasteiger partial charge in [-0.3, -0.25) is 28.9 Å². The molecule has 1 aromatic heterocycles. The third kappa shape index (κ3) is 6.40. The molecule has 4 aromatic rings. The predicted octanol–water partition coefficient (Wildman–Crippen LogP) is 3.58. The molecule has 0 radical (unpaired) electrons. The smallest absolute Gasteiger partial charge is 0.331 e. The molecule has 1 fully saturated rings. The van der Waals surface area contributed by atoms with Crippen LogP contribution in [0.3, 0.4) is 0 Å². The van der Waals surface area contributed by atoms with Crippen LogP contribution in [-0.2, 0) is 19.6 Å². The number of hydrogen-bond acceptors (Lipinski definition) is 7. The molecule has 43 heavy (non-hydrogen) atoms. The average Bonchev–Trinajstić information content (AvgIpc) is 3.00. The van der Waals surface area contributed by atoms with E-state index >= 15 is 0 Å². The number of rotatable bonds is 9. The van der Waals surface area contributed by atoms with Gasteiger partial charge in [0, 0.05) is 62.2 Å². The minimum Gasteiger partial charge on any atom is -0.363 e. The monoisotopic (exact) mass is 590 g/mol. The van der Waals surface area contributed by atoms with Gasteiger partial charge in [0.05, 0.1) is 18.0 Å². The lowest BCUT2D eigenvalue weighted by atomic mass is 10.1. The van der Waals surface area contributed by atoms with Crippen LogP contribution in [-0.4, -0.2) is 45.1 Å². The molecular formula is C31H32F2N6O4. The largest absolute Gasteiger partial charge is 0.363 e. The number of anilines is 1. The standard InChI is InChI=1S/C31H32F2N6O4/c1-21-29(36-16-14-35(15-17-36)18-22-10-12-24(13-11-22)39(42)43)30(40)38(20-28(34)23-6-3-2-4-7-23)31(41)37(21)19-25-26(32)8-5-9-27(25)33/h2-13,28H,14-20,34H2,1H3/t28-/m1/s1. The van der Waals surface area contributed by atoms with Crippen LogP contribution in [0.5, 0.6) is 0 Å². The van der Waals surface area contributed by atoms with Gasteiger partial charge < -0.3 is 10.6 Å². The average molecular weight is 591 g/mol. The Hall–Kier alpha value is -4.68. The Balaban J connectivity index is 1.46. The Bertz CT molecular complexity index is 1710. The normalized spacial score (nSPS) is 14.6. The maximum atomic E-state index is 14.7. The number of nitrogens with zero attached hydrogens (tertiary/aromatic N) is 5. The summed E-state index contributed by atoms with van der Waals surface area (Å²) in [4.78, 5) is 42.2. The van der Waals surface area contributed by atoms with Gasteiger partial charge in [0.25, 0.3) is 11.2 Å². The molecular weight excluding hydrogens is 558 g/mol. The minimum absolute atomic E-state index is 0.0256. The Morgan fingerprint density at radius 1 is 0.860 bits per heavy atom. The molecule has 0 unspecified atom stereocenters. The molecule has 0 spiro atoms. The van der Waals surface area contributed by atoms with Gasteiger partial charge >= 0.3 is 5.69 Å². The zero-order valence-electron chi connectivity index (χ0n) is 23.7. The summed E-state index contributed by atoms with van der Waals surface area (Å²) in [7, 11) is 0. The first-order chi connectivity index (χ1) is 20.6. The number of nitro benzene ring substituents is 1. The van der Waals surface area contributed by atoms with Gasteiger partial charge in [-0.05, 0) is 30.2 Å². The Morgan fingerprint density at radius 2 is 1.49 bits per heavy atom. The van der Waals surface area contributed by atoms with E-state index in [1.807, 2.05) is 35.2 Å². The topological polar surface area (TPSA) is 120 Å². The summed E-state index contributed by atoms with van der Waals surface area (Å²) in [5.41, 5.74) is 7.21. The molecule has 1 aliphatic heterocycles. The first kappa shape index (κ1) is 29.8. The van der Waals surface area contributed by atoms with Crippen LogP contribution < -0.4 is 21.9 Å². The first-order valence-electron chi connectivity index (χ1n) is 13.9. The number of aromatic nitrogens is 2. The highest BCUT2D eigenvalue weighted by molar-refractivity contribution is 5.50. The van der Waals surface area contributed by atoms with E-state index in [2.05, 4.69) is 4.90 Å². The Kier molecular flexibility index (Phi) is 8.78. The van der Waals surface area contributed by atoms with E-state index in [4.69, 9.17) is 5.73 Å². The molecule has 12 heteroatoms. The van der Waals surface area contributed by atoms with Gasteiger partial charge in [0.2, 0.25) is 0 Å². The number of nitrogens with two attached hydrogens (primary N) is 1. The predicted molar refractivity (Wildman–Crippen MR) is 159 cm³/mol. The molecule has 10 nitrogen and oxygen atoms in total. The second kappa shape index (κ2) is 12.7. The molecule has 224 valence electrons. The number of halogens is 2. The number of benzene rings is 3. The number of non-ortho nitro benzene ring substituents is 1. The third-order valence-corrected chi connectivity index (χ3v) is 7.88. The second-order valence-corrected chi connectivity index (χ2v) is 10.6. The zero-order valence-corrected chi connectivity index (χ0v) is 23.7. The van der Waals surface area contributed by atoms with Gasteiger partial charge in [0.15, 0.2) is 0 Å². The summed E-state index contributed by atoms with van der Waals surface area (Å²) in [5.74, 6) is -1.57. The molecule has 2 heterocycles. The molecule has 1 atom stereocenters. The first-order valence-corrected chi connectivity index (χ1v) is 13.9. The van der Waals surface area contributed by atoms with Gasteiger partial charge in [0.1, 0.15) is 17.3 Å². The van der Waals surface area contributed by atoms with Crippen molar-refractivity contribution in [3.05, 3.63) is 138 Å². The fourth-order valence-corrected chi connectivity index (χ4v) is 5.45. The van der Waals surface area contributed by atoms with Gasteiger partial charge in [-0.2, -0.15) is 0 Å². The van der Waals surface area contributed by atoms with Crippen LogP contribution in [0.2, 0.25) is 0 Å².